The number of nitrogens with zero attached hydrogens (tertiary/aromatic N) is 2. The lowest BCUT2D eigenvalue weighted by Gasteiger charge is -2.38. The third-order valence-electron chi connectivity index (χ3n) is 4.51. The van der Waals surface area contributed by atoms with Crippen molar-refractivity contribution in [3.63, 3.8) is 0 Å². The second-order valence-corrected chi connectivity index (χ2v) is 6.73. The predicted molar refractivity (Wildman–Crippen MR) is 104 cm³/mol. The maximum Gasteiger partial charge on any atom is 0.245 e. The van der Waals surface area contributed by atoms with Crippen molar-refractivity contribution in [2.45, 2.75) is 19.5 Å². The largest absolute Gasteiger partial charge is 0.327 e. The maximum absolute atomic E-state index is 12.7. The van der Waals surface area contributed by atoms with Gasteiger partial charge in [-0.25, -0.2) is 0 Å². The van der Waals surface area contributed by atoms with Crippen LogP contribution < -0.4 is 0 Å². The normalized spacial score (nSPS) is 18.0. The van der Waals surface area contributed by atoms with Gasteiger partial charge in [0.15, 0.2) is 0 Å². The van der Waals surface area contributed by atoms with Gasteiger partial charge in [-0.05, 0) is 24.1 Å². The Hall–Kier alpha value is -2.59. The van der Waals surface area contributed by atoms with Gasteiger partial charge in [-0.15, -0.1) is 0 Å². The molecule has 26 heavy (non-hydrogen) atoms. The Bertz CT molecular complexity index is 820. The van der Waals surface area contributed by atoms with Gasteiger partial charge in [-0.1, -0.05) is 72.3 Å². The zero-order chi connectivity index (χ0) is 18.5. The van der Waals surface area contributed by atoms with Crippen LogP contribution in [0.2, 0.25) is 5.02 Å². The van der Waals surface area contributed by atoms with Gasteiger partial charge in [0, 0.05) is 18.1 Å². The van der Waals surface area contributed by atoms with E-state index in [1.165, 1.54) is 0 Å². The van der Waals surface area contributed by atoms with Gasteiger partial charge in [0.1, 0.15) is 12.6 Å². The van der Waals surface area contributed by atoms with Crippen molar-refractivity contribution in [1.29, 1.82) is 0 Å². The Labute approximate surface area is 158 Å². The number of piperazine rings is 1. The summed E-state index contributed by atoms with van der Waals surface area (Å²) in [5.74, 6) is -0.112. The Kier molecular flexibility index (Phi) is 5.74. The molecule has 3 rings (SSSR count). The molecular weight excluding hydrogens is 348 g/mol. The highest BCUT2D eigenvalue weighted by atomic mass is 35.5. The lowest BCUT2D eigenvalue weighted by Crippen LogP contribution is -2.58. The SMILES string of the molecule is C[C@H]1C(=O)N(Cc2ccccc2Cl)CC(=O)N1C/C=C/c1ccccc1. The molecule has 1 fully saturated rings. The van der Waals surface area contributed by atoms with E-state index in [9.17, 15) is 9.59 Å². The molecule has 2 amide bonds. The Balaban J connectivity index is 1.65. The first-order valence-corrected chi connectivity index (χ1v) is 8.97. The summed E-state index contributed by atoms with van der Waals surface area (Å²) in [5, 5.41) is 0.605. The van der Waals surface area contributed by atoms with Crippen molar-refractivity contribution in [2.75, 3.05) is 13.1 Å². The molecule has 0 unspecified atom stereocenters. The van der Waals surface area contributed by atoms with E-state index < -0.39 is 6.04 Å². The number of hydrogen-bond acceptors (Lipinski definition) is 2. The topological polar surface area (TPSA) is 40.6 Å². The zero-order valence-corrected chi connectivity index (χ0v) is 15.4. The molecule has 0 aliphatic carbocycles. The molecular formula is C21H21ClN2O2. The van der Waals surface area contributed by atoms with Crippen LogP contribution in [0.15, 0.2) is 60.7 Å². The van der Waals surface area contributed by atoms with Crippen molar-refractivity contribution in [1.82, 2.24) is 9.80 Å². The molecule has 4 nitrogen and oxygen atoms in total. The molecule has 0 radical (unpaired) electrons. The fraction of sp³-hybridized carbons (Fsp3) is 0.238. The zero-order valence-electron chi connectivity index (χ0n) is 14.6. The van der Waals surface area contributed by atoms with Gasteiger partial charge < -0.3 is 9.80 Å². The molecule has 0 N–H and O–H groups in total. The van der Waals surface area contributed by atoms with Gasteiger partial charge in [-0.2, -0.15) is 0 Å². The second kappa shape index (κ2) is 8.19. The monoisotopic (exact) mass is 368 g/mol. The van der Waals surface area contributed by atoms with E-state index in [0.29, 0.717) is 18.1 Å². The van der Waals surface area contributed by atoms with Crippen LogP contribution in [0, 0.1) is 0 Å². The summed E-state index contributed by atoms with van der Waals surface area (Å²) in [4.78, 5) is 28.4. The highest BCUT2D eigenvalue weighted by Gasteiger charge is 2.35. The molecule has 5 heteroatoms. The quantitative estimate of drug-likeness (QED) is 0.808. The third-order valence-corrected chi connectivity index (χ3v) is 4.88. The molecule has 2 aromatic rings. The van der Waals surface area contributed by atoms with Gasteiger partial charge in [0.2, 0.25) is 11.8 Å². The average Bonchev–Trinajstić information content (AvgIpc) is 2.65. The minimum absolute atomic E-state index is 0.0538. The molecule has 0 spiro atoms. The van der Waals surface area contributed by atoms with Crippen molar-refractivity contribution in [3.8, 4) is 0 Å². The van der Waals surface area contributed by atoms with Crippen LogP contribution >= 0.6 is 11.6 Å². The van der Waals surface area contributed by atoms with E-state index in [0.717, 1.165) is 11.1 Å². The molecule has 1 aliphatic heterocycles. The molecule has 0 bridgehead atoms. The van der Waals surface area contributed by atoms with E-state index >= 15 is 0 Å². The first kappa shape index (κ1) is 18.2. The summed E-state index contributed by atoms with van der Waals surface area (Å²) in [6, 6.07) is 16.8. The predicted octanol–water partition coefficient (Wildman–Crippen LogP) is 3.61. The first-order chi connectivity index (χ1) is 12.6. The summed E-state index contributed by atoms with van der Waals surface area (Å²) in [6.07, 6.45) is 3.88. The molecule has 1 saturated heterocycles. The fourth-order valence-corrected chi connectivity index (χ4v) is 3.23. The van der Waals surface area contributed by atoms with Crippen molar-refractivity contribution in [3.05, 3.63) is 76.8 Å². The number of rotatable bonds is 5. The molecule has 0 saturated carbocycles. The maximum atomic E-state index is 12.7. The third kappa shape index (κ3) is 4.14. The minimum Gasteiger partial charge on any atom is -0.327 e. The Morgan fingerprint density at radius 3 is 2.50 bits per heavy atom. The number of carbonyl (C=O) groups is 2. The molecule has 2 aromatic carbocycles. The Morgan fingerprint density at radius 1 is 1.08 bits per heavy atom. The number of amides is 2. The van der Waals surface area contributed by atoms with E-state index in [2.05, 4.69) is 0 Å². The molecule has 1 heterocycles. The number of halogens is 1. The van der Waals surface area contributed by atoms with Crippen LogP contribution in [-0.2, 0) is 16.1 Å². The molecule has 134 valence electrons. The van der Waals surface area contributed by atoms with Gasteiger partial charge in [0.25, 0.3) is 0 Å². The molecule has 0 aromatic heterocycles. The lowest BCUT2D eigenvalue weighted by atomic mass is 10.1. The van der Waals surface area contributed by atoms with Crippen molar-refractivity contribution >= 4 is 29.5 Å². The summed E-state index contributed by atoms with van der Waals surface area (Å²) in [7, 11) is 0. The van der Waals surface area contributed by atoms with E-state index in [4.69, 9.17) is 11.6 Å². The average molecular weight is 369 g/mol. The number of benzene rings is 2. The molecule has 1 atom stereocenters. The standard InChI is InChI=1S/C21H21ClN2O2/c1-16-21(26)23(14-18-11-5-6-12-19(18)22)15-20(25)24(16)13-7-10-17-8-3-2-4-9-17/h2-12,16H,13-15H2,1H3/b10-7+/t16-/m0/s1. The Morgan fingerprint density at radius 2 is 1.77 bits per heavy atom. The van der Waals surface area contributed by atoms with E-state index in [1.807, 2.05) is 60.7 Å². The van der Waals surface area contributed by atoms with Crippen LogP contribution in [0.1, 0.15) is 18.1 Å². The summed E-state index contributed by atoms with van der Waals surface area (Å²) >= 11 is 6.18. The highest BCUT2D eigenvalue weighted by Crippen LogP contribution is 2.20. The van der Waals surface area contributed by atoms with Gasteiger partial charge >= 0.3 is 0 Å². The summed E-state index contributed by atoms with van der Waals surface area (Å²) < 4.78 is 0. The van der Waals surface area contributed by atoms with Gasteiger partial charge in [0.05, 0.1) is 0 Å². The van der Waals surface area contributed by atoms with Crippen molar-refractivity contribution < 1.29 is 9.59 Å². The number of carbonyl (C=O) groups excluding carboxylic acids is 2. The van der Waals surface area contributed by atoms with E-state index in [-0.39, 0.29) is 18.4 Å². The smallest absolute Gasteiger partial charge is 0.245 e. The van der Waals surface area contributed by atoms with Crippen LogP contribution in [0.4, 0.5) is 0 Å². The van der Waals surface area contributed by atoms with Gasteiger partial charge in [-0.3, -0.25) is 9.59 Å². The van der Waals surface area contributed by atoms with Crippen LogP contribution in [0.25, 0.3) is 6.08 Å². The second-order valence-electron chi connectivity index (χ2n) is 6.32. The lowest BCUT2D eigenvalue weighted by molar-refractivity contribution is -0.155. The summed E-state index contributed by atoms with van der Waals surface area (Å²) in [6.45, 7) is 2.62. The fourth-order valence-electron chi connectivity index (χ4n) is 3.04. The summed E-state index contributed by atoms with van der Waals surface area (Å²) in [5.41, 5.74) is 1.91. The minimum atomic E-state index is -0.487. The van der Waals surface area contributed by atoms with Crippen LogP contribution in [0.5, 0.6) is 0 Å². The van der Waals surface area contributed by atoms with Crippen LogP contribution in [0.3, 0.4) is 0 Å². The molecule has 1 aliphatic rings. The van der Waals surface area contributed by atoms with E-state index in [1.54, 1.807) is 22.8 Å². The highest BCUT2D eigenvalue weighted by molar-refractivity contribution is 6.31. The van der Waals surface area contributed by atoms with Crippen LogP contribution in [-0.4, -0.2) is 40.7 Å². The number of hydrogen-bond donors (Lipinski definition) is 0. The first-order valence-electron chi connectivity index (χ1n) is 8.59. The van der Waals surface area contributed by atoms with Crippen molar-refractivity contribution in [2.24, 2.45) is 0 Å².